The number of aromatic nitrogens is 1. The molecular formula is C13H12F3N3OS. The standard InChI is InChI=1S/C13H12F3N3OS/c1-8(11-3-2-6-21-11)18-19-12(20)9-7-17-5-4-10(9)13(14,15)16/h2-8,18H,1H3,(H,19,20). The number of rotatable bonds is 4. The second kappa shape index (κ2) is 6.23. The number of carbonyl (C=O) groups excluding carboxylic acids is 1. The number of carbonyl (C=O) groups is 1. The van der Waals surface area contributed by atoms with Crippen molar-refractivity contribution < 1.29 is 18.0 Å². The monoisotopic (exact) mass is 315 g/mol. The van der Waals surface area contributed by atoms with E-state index in [2.05, 4.69) is 15.8 Å². The molecule has 2 rings (SSSR count). The van der Waals surface area contributed by atoms with Gasteiger partial charge in [0, 0.05) is 17.3 Å². The minimum atomic E-state index is -4.60. The van der Waals surface area contributed by atoms with Gasteiger partial charge in [-0.05, 0) is 24.4 Å². The maximum Gasteiger partial charge on any atom is 0.417 e. The zero-order chi connectivity index (χ0) is 15.5. The Morgan fingerprint density at radius 2 is 2.14 bits per heavy atom. The van der Waals surface area contributed by atoms with Gasteiger partial charge in [-0.25, -0.2) is 5.43 Å². The molecule has 2 heterocycles. The highest BCUT2D eigenvalue weighted by atomic mass is 32.1. The molecule has 0 fully saturated rings. The number of pyridine rings is 1. The van der Waals surface area contributed by atoms with E-state index < -0.39 is 23.2 Å². The fourth-order valence-corrected chi connectivity index (χ4v) is 2.41. The lowest BCUT2D eigenvalue weighted by Gasteiger charge is -2.15. The first-order chi connectivity index (χ1) is 9.89. The van der Waals surface area contributed by atoms with Crippen molar-refractivity contribution in [3.63, 3.8) is 0 Å². The third-order valence-electron chi connectivity index (χ3n) is 2.74. The van der Waals surface area contributed by atoms with Crippen LogP contribution in [0.5, 0.6) is 0 Å². The molecule has 21 heavy (non-hydrogen) atoms. The molecule has 0 aliphatic heterocycles. The van der Waals surface area contributed by atoms with Crippen molar-refractivity contribution in [1.29, 1.82) is 0 Å². The zero-order valence-corrected chi connectivity index (χ0v) is 11.8. The molecule has 2 N–H and O–H groups in total. The number of alkyl halides is 3. The highest BCUT2D eigenvalue weighted by molar-refractivity contribution is 7.10. The van der Waals surface area contributed by atoms with Gasteiger partial charge in [-0.3, -0.25) is 15.2 Å². The van der Waals surface area contributed by atoms with Gasteiger partial charge in [0.25, 0.3) is 5.91 Å². The van der Waals surface area contributed by atoms with Crippen molar-refractivity contribution in [1.82, 2.24) is 15.8 Å². The molecule has 0 aromatic carbocycles. The number of hydrazine groups is 1. The average Bonchev–Trinajstić information content (AvgIpc) is 2.97. The van der Waals surface area contributed by atoms with Crippen molar-refractivity contribution in [2.45, 2.75) is 19.1 Å². The van der Waals surface area contributed by atoms with Crippen LogP contribution in [0.2, 0.25) is 0 Å². The average molecular weight is 315 g/mol. The van der Waals surface area contributed by atoms with E-state index in [-0.39, 0.29) is 6.04 Å². The maximum atomic E-state index is 12.8. The van der Waals surface area contributed by atoms with Crippen LogP contribution in [0.1, 0.15) is 33.8 Å². The normalized spacial score (nSPS) is 13.0. The molecule has 1 amide bonds. The quantitative estimate of drug-likeness (QED) is 0.852. The molecule has 0 aliphatic rings. The van der Waals surface area contributed by atoms with E-state index in [9.17, 15) is 18.0 Å². The SMILES string of the molecule is CC(NNC(=O)c1cnccc1C(F)(F)F)c1cccs1. The summed E-state index contributed by atoms with van der Waals surface area (Å²) in [5.74, 6) is -0.876. The maximum absolute atomic E-state index is 12.8. The third kappa shape index (κ3) is 3.79. The fraction of sp³-hybridized carbons (Fsp3) is 0.231. The smallest absolute Gasteiger partial charge is 0.287 e. The molecule has 0 radical (unpaired) electrons. The Hall–Kier alpha value is -1.93. The molecule has 8 heteroatoms. The van der Waals surface area contributed by atoms with Crippen LogP contribution in [0.15, 0.2) is 36.0 Å². The largest absolute Gasteiger partial charge is 0.417 e. The number of nitrogens with zero attached hydrogens (tertiary/aromatic N) is 1. The minimum Gasteiger partial charge on any atom is -0.287 e. The Balaban J connectivity index is 2.08. The molecule has 2 aromatic rings. The summed E-state index contributed by atoms with van der Waals surface area (Å²) in [4.78, 5) is 16.4. The zero-order valence-electron chi connectivity index (χ0n) is 10.9. The fourth-order valence-electron chi connectivity index (χ4n) is 1.67. The summed E-state index contributed by atoms with van der Waals surface area (Å²) in [6.07, 6.45) is -2.70. The first-order valence-electron chi connectivity index (χ1n) is 6.00. The molecule has 0 saturated carbocycles. The summed E-state index contributed by atoms with van der Waals surface area (Å²) in [5, 5.41) is 1.87. The van der Waals surface area contributed by atoms with Crippen molar-refractivity contribution >= 4 is 17.2 Å². The van der Waals surface area contributed by atoms with E-state index in [1.165, 1.54) is 11.3 Å². The molecule has 2 aromatic heterocycles. The molecular weight excluding hydrogens is 303 g/mol. The Labute approximate surface area is 123 Å². The Kier molecular flexibility index (Phi) is 4.59. The first kappa shape index (κ1) is 15.5. The van der Waals surface area contributed by atoms with Crippen LogP contribution in [0.25, 0.3) is 0 Å². The summed E-state index contributed by atoms with van der Waals surface area (Å²) in [7, 11) is 0. The molecule has 0 aliphatic carbocycles. The van der Waals surface area contributed by atoms with Crippen LogP contribution in [0, 0.1) is 0 Å². The van der Waals surface area contributed by atoms with E-state index in [0.717, 1.165) is 23.3 Å². The van der Waals surface area contributed by atoms with Gasteiger partial charge < -0.3 is 0 Å². The predicted octanol–water partition coefficient (Wildman–Crippen LogP) is 3.16. The van der Waals surface area contributed by atoms with Crippen LogP contribution in [-0.2, 0) is 6.18 Å². The van der Waals surface area contributed by atoms with Crippen LogP contribution < -0.4 is 10.9 Å². The van der Waals surface area contributed by atoms with Crippen LogP contribution >= 0.6 is 11.3 Å². The summed E-state index contributed by atoms with van der Waals surface area (Å²) >= 11 is 1.48. The second-order valence-electron chi connectivity index (χ2n) is 4.25. The molecule has 0 bridgehead atoms. The number of hydrogen-bond acceptors (Lipinski definition) is 4. The first-order valence-corrected chi connectivity index (χ1v) is 6.88. The van der Waals surface area contributed by atoms with Gasteiger partial charge in [0.1, 0.15) is 0 Å². The van der Waals surface area contributed by atoms with E-state index in [1.807, 2.05) is 17.5 Å². The molecule has 1 atom stereocenters. The van der Waals surface area contributed by atoms with Gasteiger partial charge in [-0.2, -0.15) is 13.2 Å². The van der Waals surface area contributed by atoms with Gasteiger partial charge in [-0.15, -0.1) is 11.3 Å². The Morgan fingerprint density at radius 3 is 2.76 bits per heavy atom. The van der Waals surface area contributed by atoms with Crippen molar-refractivity contribution in [2.24, 2.45) is 0 Å². The Bertz CT molecular complexity index is 613. The highest BCUT2D eigenvalue weighted by Crippen LogP contribution is 2.31. The number of thiophene rings is 1. The van der Waals surface area contributed by atoms with Gasteiger partial charge in [0.2, 0.25) is 0 Å². The van der Waals surface area contributed by atoms with Crippen molar-refractivity contribution in [2.75, 3.05) is 0 Å². The predicted molar refractivity (Wildman–Crippen MR) is 72.6 cm³/mol. The van der Waals surface area contributed by atoms with Crippen LogP contribution in [0.3, 0.4) is 0 Å². The Morgan fingerprint density at radius 1 is 1.38 bits per heavy atom. The number of nitrogens with one attached hydrogen (secondary N) is 2. The number of amides is 1. The summed E-state index contributed by atoms with van der Waals surface area (Å²) in [6.45, 7) is 1.79. The van der Waals surface area contributed by atoms with E-state index in [1.54, 1.807) is 6.92 Å². The summed E-state index contributed by atoms with van der Waals surface area (Å²) < 4.78 is 38.4. The van der Waals surface area contributed by atoms with Crippen molar-refractivity contribution in [3.05, 3.63) is 52.0 Å². The second-order valence-corrected chi connectivity index (χ2v) is 5.23. The third-order valence-corrected chi connectivity index (χ3v) is 3.80. The topological polar surface area (TPSA) is 54.0 Å². The molecule has 0 saturated heterocycles. The van der Waals surface area contributed by atoms with Gasteiger partial charge in [-0.1, -0.05) is 6.07 Å². The lowest BCUT2D eigenvalue weighted by molar-refractivity contribution is -0.138. The van der Waals surface area contributed by atoms with Gasteiger partial charge >= 0.3 is 6.18 Å². The molecule has 4 nitrogen and oxygen atoms in total. The van der Waals surface area contributed by atoms with Crippen LogP contribution in [-0.4, -0.2) is 10.9 Å². The van der Waals surface area contributed by atoms with Gasteiger partial charge in [0.15, 0.2) is 0 Å². The molecule has 112 valence electrons. The lowest BCUT2D eigenvalue weighted by atomic mass is 10.1. The molecule has 1 unspecified atom stereocenters. The van der Waals surface area contributed by atoms with Crippen molar-refractivity contribution in [3.8, 4) is 0 Å². The highest BCUT2D eigenvalue weighted by Gasteiger charge is 2.35. The van der Waals surface area contributed by atoms with E-state index >= 15 is 0 Å². The van der Waals surface area contributed by atoms with E-state index in [0.29, 0.717) is 0 Å². The summed E-state index contributed by atoms with van der Waals surface area (Å²) in [5.41, 5.74) is 3.42. The van der Waals surface area contributed by atoms with Crippen LogP contribution in [0.4, 0.5) is 13.2 Å². The summed E-state index contributed by atoms with van der Waals surface area (Å²) in [6, 6.07) is 4.28. The van der Waals surface area contributed by atoms with Gasteiger partial charge in [0.05, 0.1) is 17.2 Å². The minimum absolute atomic E-state index is 0.208. The number of halogens is 3. The van der Waals surface area contributed by atoms with E-state index in [4.69, 9.17) is 0 Å². The molecule has 0 spiro atoms. The number of hydrogen-bond donors (Lipinski definition) is 2. The lowest BCUT2D eigenvalue weighted by Crippen LogP contribution is -2.39.